The lowest BCUT2D eigenvalue weighted by atomic mass is 10.1. The normalized spacial score (nSPS) is 9.24. The Morgan fingerprint density at radius 2 is 1.43 bits per heavy atom. The maximum atomic E-state index is 10.4. The van der Waals surface area contributed by atoms with Crippen molar-refractivity contribution in [1.82, 2.24) is 0 Å². The van der Waals surface area contributed by atoms with Gasteiger partial charge in [-0.15, -0.1) is 0 Å². The maximum Gasteiger partial charge on any atom is 0.335 e. The fraction of sp³-hybridized carbons (Fsp3) is 0.125. The van der Waals surface area contributed by atoms with Gasteiger partial charge >= 0.3 is 11.9 Å². The third-order valence-corrected chi connectivity index (χ3v) is 2.77. The van der Waals surface area contributed by atoms with Crippen molar-refractivity contribution in [3.05, 3.63) is 65.2 Å². The van der Waals surface area contributed by atoms with Crippen molar-refractivity contribution >= 4 is 17.6 Å². The van der Waals surface area contributed by atoms with Crippen LogP contribution in [0.15, 0.2) is 48.5 Å². The lowest BCUT2D eigenvalue weighted by Gasteiger charge is -2.01. The topological polar surface area (TPSA) is 86.6 Å². The van der Waals surface area contributed by atoms with Gasteiger partial charge in [-0.3, -0.25) is 0 Å². The van der Waals surface area contributed by atoms with Gasteiger partial charge in [-0.1, -0.05) is 24.3 Å². The number of anilines is 1. The summed E-state index contributed by atoms with van der Waals surface area (Å²) in [6.45, 7) is 2.09. The number of para-hydroxylation sites is 1. The molecule has 110 valence electrons. The van der Waals surface area contributed by atoms with E-state index in [0.717, 1.165) is 6.07 Å². The van der Waals surface area contributed by atoms with Gasteiger partial charge in [0.1, 0.15) is 0 Å². The third kappa shape index (κ3) is 4.99. The molecule has 0 fully saturated rings. The number of hydrogen-bond donors (Lipinski definition) is 3. The molecule has 0 aromatic heterocycles. The molecule has 0 heterocycles. The summed E-state index contributed by atoms with van der Waals surface area (Å²) in [6, 6.07) is 13.4. The van der Waals surface area contributed by atoms with Crippen molar-refractivity contribution in [3.63, 3.8) is 0 Å². The predicted octanol–water partition coefficient (Wildman–Crippen LogP) is 3.12. The van der Waals surface area contributed by atoms with E-state index in [1.807, 2.05) is 19.2 Å². The van der Waals surface area contributed by atoms with Crippen LogP contribution < -0.4 is 5.32 Å². The van der Waals surface area contributed by atoms with E-state index in [1.54, 1.807) is 0 Å². The van der Waals surface area contributed by atoms with Crippen LogP contribution in [0, 0.1) is 6.92 Å². The minimum atomic E-state index is -1.13. The highest BCUT2D eigenvalue weighted by atomic mass is 16.4. The van der Waals surface area contributed by atoms with Crippen LogP contribution in [-0.4, -0.2) is 29.2 Å². The standard InChI is InChI=1S/C8H11N.C8H6O4/c1-7-5-3-4-6-8(7)9-2;9-7(10)5-2-1-3-6(4-5)8(11)12/h3-6,9H,1-2H3;1-4H,(H,9,10)(H,11,12). The Morgan fingerprint density at radius 3 is 1.81 bits per heavy atom. The fourth-order valence-corrected chi connectivity index (χ4v) is 1.64. The first-order valence-electron chi connectivity index (χ1n) is 6.25. The molecule has 0 bridgehead atoms. The number of rotatable bonds is 3. The van der Waals surface area contributed by atoms with Crippen LogP contribution in [0.3, 0.4) is 0 Å². The van der Waals surface area contributed by atoms with Crippen molar-refractivity contribution in [2.45, 2.75) is 6.92 Å². The highest BCUT2D eigenvalue weighted by Crippen LogP contribution is 2.10. The van der Waals surface area contributed by atoms with E-state index in [1.165, 1.54) is 29.4 Å². The first-order chi connectivity index (χ1) is 9.95. The molecule has 2 aromatic rings. The third-order valence-electron chi connectivity index (χ3n) is 2.77. The van der Waals surface area contributed by atoms with E-state index in [4.69, 9.17) is 10.2 Å². The van der Waals surface area contributed by atoms with E-state index in [9.17, 15) is 9.59 Å². The lowest BCUT2D eigenvalue weighted by molar-refractivity contribution is 0.0696. The summed E-state index contributed by atoms with van der Waals surface area (Å²) in [5, 5.41) is 20.1. The summed E-state index contributed by atoms with van der Waals surface area (Å²) >= 11 is 0. The zero-order chi connectivity index (χ0) is 15.8. The Morgan fingerprint density at radius 1 is 0.905 bits per heavy atom. The molecule has 0 aliphatic carbocycles. The molecule has 5 nitrogen and oxygen atoms in total. The summed E-state index contributed by atoms with van der Waals surface area (Å²) in [5.41, 5.74) is 2.46. The molecule has 0 aliphatic rings. The van der Waals surface area contributed by atoms with E-state index in [0.29, 0.717) is 0 Å². The molecule has 0 spiro atoms. The lowest BCUT2D eigenvalue weighted by Crippen LogP contribution is -2.01. The van der Waals surface area contributed by atoms with Gasteiger partial charge in [-0.2, -0.15) is 0 Å². The average molecular weight is 287 g/mol. The molecular formula is C16H17NO4. The number of nitrogens with one attached hydrogen (secondary N) is 1. The van der Waals surface area contributed by atoms with Crippen LogP contribution in [-0.2, 0) is 0 Å². The molecule has 0 amide bonds. The molecule has 2 aromatic carbocycles. The molecule has 21 heavy (non-hydrogen) atoms. The fourth-order valence-electron chi connectivity index (χ4n) is 1.64. The van der Waals surface area contributed by atoms with Crippen molar-refractivity contribution in [3.8, 4) is 0 Å². The van der Waals surface area contributed by atoms with E-state index < -0.39 is 11.9 Å². The number of benzene rings is 2. The van der Waals surface area contributed by atoms with Gasteiger partial charge in [-0.25, -0.2) is 9.59 Å². The van der Waals surface area contributed by atoms with Crippen LogP contribution in [0.1, 0.15) is 26.3 Å². The molecule has 0 atom stereocenters. The van der Waals surface area contributed by atoms with Gasteiger partial charge in [-0.05, 0) is 36.8 Å². The monoisotopic (exact) mass is 287 g/mol. The van der Waals surface area contributed by atoms with Gasteiger partial charge in [0, 0.05) is 12.7 Å². The second kappa shape index (κ2) is 7.69. The zero-order valence-electron chi connectivity index (χ0n) is 11.8. The zero-order valence-corrected chi connectivity index (χ0v) is 11.8. The predicted molar refractivity (Wildman–Crippen MR) is 81.1 cm³/mol. The first-order valence-corrected chi connectivity index (χ1v) is 6.25. The average Bonchev–Trinajstić information content (AvgIpc) is 2.48. The van der Waals surface area contributed by atoms with Gasteiger partial charge < -0.3 is 15.5 Å². The van der Waals surface area contributed by atoms with E-state index >= 15 is 0 Å². The Kier molecular flexibility index (Phi) is 5.95. The number of aryl methyl sites for hydroxylation is 1. The summed E-state index contributed by atoms with van der Waals surface area (Å²) in [7, 11) is 1.93. The van der Waals surface area contributed by atoms with Crippen LogP contribution >= 0.6 is 0 Å². The highest BCUT2D eigenvalue weighted by molar-refractivity contribution is 5.93. The molecule has 3 N–H and O–H groups in total. The van der Waals surface area contributed by atoms with E-state index in [-0.39, 0.29) is 11.1 Å². The molecule has 5 heteroatoms. The second-order valence-corrected chi connectivity index (χ2v) is 4.26. The second-order valence-electron chi connectivity index (χ2n) is 4.26. The smallest absolute Gasteiger partial charge is 0.335 e. The van der Waals surface area contributed by atoms with Crippen LogP contribution in [0.5, 0.6) is 0 Å². The van der Waals surface area contributed by atoms with Gasteiger partial charge in [0.05, 0.1) is 11.1 Å². The molecule has 0 unspecified atom stereocenters. The minimum absolute atomic E-state index is 0.0186. The molecule has 0 saturated heterocycles. The quantitative estimate of drug-likeness (QED) is 0.807. The summed E-state index contributed by atoms with van der Waals surface area (Å²) in [4.78, 5) is 20.8. The van der Waals surface area contributed by atoms with Crippen molar-refractivity contribution in [2.75, 3.05) is 12.4 Å². The number of carboxylic acid groups (broad SMARTS) is 2. The molecule has 0 aliphatic heterocycles. The number of hydrogen-bond acceptors (Lipinski definition) is 3. The molecule has 0 saturated carbocycles. The molecule has 2 rings (SSSR count). The Balaban J connectivity index is 0.000000219. The van der Waals surface area contributed by atoms with Gasteiger partial charge in [0.25, 0.3) is 0 Å². The maximum absolute atomic E-state index is 10.4. The number of carboxylic acids is 2. The first kappa shape index (κ1) is 16.2. The van der Waals surface area contributed by atoms with Gasteiger partial charge in [0.15, 0.2) is 0 Å². The summed E-state index contributed by atoms with van der Waals surface area (Å²) in [5.74, 6) is -2.25. The van der Waals surface area contributed by atoms with Gasteiger partial charge in [0.2, 0.25) is 0 Å². The summed E-state index contributed by atoms with van der Waals surface area (Å²) < 4.78 is 0. The Bertz CT molecular complexity index is 608. The van der Waals surface area contributed by atoms with Crippen molar-refractivity contribution in [1.29, 1.82) is 0 Å². The highest BCUT2D eigenvalue weighted by Gasteiger charge is 2.06. The van der Waals surface area contributed by atoms with E-state index in [2.05, 4.69) is 24.4 Å². The number of aromatic carboxylic acids is 2. The van der Waals surface area contributed by atoms with Crippen LogP contribution in [0.2, 0.25) is 0 Å². The van der Waals surface area contributed by atoms with Crippen molar-refractivity contribution in [2.24, 2.45) is 0 Å². The summed E-state index contributed by atoms with van der Waals surface area (Å²) in [6.07, 6.45) is 0. The SMILES string of the molecule is CNc1ccccc1C.O=C(O)c1cccc(C(=O)O)c1. The number of carbonyl (C=O) groups is 2. The van der Waals surface area contributed by atoms with Crippen LogP contribution in [0.4, 0.5) is 5.69 Å². The molecule has 0 radical (unpaired) electrons. The Labute approximate surface area is 122 Å². The molecular weight excluding hydrogens is 270 g/mol. The van der Waals surface area contributed by atoms with Crippen molar-refractivity contribution < 1.29 is 19.8 Å². The Hall–Kier alpha value is -2.82. The minimum Gasteiger partial charge on any atom is -0.478 e. The largest absolute Gasteiger partial charge is 0.478 e. The van der Waals surface area contributed by atoms with Crippen LogP contribution in [0.25, 0.3) is 0 Å².